The van der Waals surface area contributed by atoms with Gasteiger partial charge in [-0.3, -0.25) is 10.3 Å². The van der Waals surface area contributed by atoms with Crippen molar-refractivity contribution in [2.45, 2.75) is 19.9 Å². The first-order valence-corrected chi connectivity index (χ1v) is 5.60. The van der Waals surface area contributed by atoms with Gasteiger partial charge in [-0.15, -0.1) is 0 Å². The molecule has 1 atom stereocenters. The van der Waals surface area contributed by atoms with E-state index in [1.165, 1.54) is 25.3 Å². The smallest absolute Gasteiger partial charge is 0.328 e. The number of ether oxygens (including phenoxy) is 1. The van der Waals surface area contributed by atoms with Crippen molar-refractivity contribution in [3.8, 4) is 0 Å². The van der Waals surface area contributed by atoms with E-state index in [1.807, 2.05) is 0 Å². The van der Waals surface area contributed by atoms with Gasteiger partial charge in [0, 0.05) is 6.07 Å². The Labute approximate surface area is 105 Å². The molecule has 0 spiro atoms. The number of carbonyl (C=O) groups excluding carboxylic acids is 1. The summed E-state index contributed by atoms with van der Waals surface area (Å²) in [5, 5.41) is 2.92. The van der Waals surface area contributed by atoms with Crippen LogP contribution in [0.3, 0.4) is 0 Å². The van der Waals surface area contributed by atoms with Gasteiger partial charge in [-0.25, -0.2) is 9.18 Å². The summed E-state index contributed by atoms with van der Waals surface area (Å²) >= 11 is 0. The molecule has 0 saturated carbocycles. The van der Waals surface area contributed by atoms with E-state index in [-0.39, 0.29) is 5.97 Å². The molecule has 1 unspecified atom stereocenters. The molecular weight excluding hydrogens is 239 g/mol. The lowest BCUT2D eigenvalue weighted by Crippen LogP contribution is -2.28. The fourth-order valence-electron chi connectivity index (χ4n) is 1.40. The van der Waals surface area contributed by atoms with Crippen LogP contribution in [0.15, 0.2) is 18.2 Å². The van der Waals surface area contributed by atoms with Gasteiger partial charge in [-0.1, -0.05) is 0 Å². The molecule has 6 heteroatoms. The first-order valence-electron chi connectivity index (χ1n) is 5.60. The summed E-state index contributed by atoms with van der Waals surface area (Å²) in [7, 11) is 1.42. The predicted molar refractivity (Wildman–Crippen MR) is 66.7 cm³/mol. The first kappa shape index (κ1) is 14.2. The summed E-state index contributed by atoms with van der Waals surface area (Å²) in [6.07, 6.45) is 0. The Balaban J connectivity index is 2.79. The number of benzene rings is 1. The van der Waals surface area contributed by atoms with Crippen LogP contribution in [0, 0.1) is 5.82 Å². The molecule has 18 heavy (non-hydrogen) atoms. The van der Waals surface area contributed by atoms with Gasteiger partial charge >= 0.3 is 5.97 Å². The number of halogens is 1. The van der Waals surface area contributed by atoms with E-state index in [1.54, 1.807) is 13.8 Å². The maximum Gasteiger partial charge on any atom is 0.328 e. The van der Waals surface area contributed by atoms with Crippen molar-refractivity contribution < 1.29 is 18.8 Å². The van der Waals surface area contributed by atoms with Crippen molar-refractivity contribution in [3.63, 3.8) is 0 Å². The van der Waals surface area contributed by atoms with Crippen LogP contribution < -0.4 is 10.8 Å². The van der Waals surface area contributed by atoms with Gasteiger partial charge in [0.25, 0.3) is 0 Å². The van der Waals surface area contributed by atoms with Gasteiger partial charge < -0.3 is 10.1 Å². The van der Waals surface area contributed by atoms with Crippen LogP contribution >= 0.6 is 0 Å². The molecule has 0 aliphatic carbocycles. The van der Waals surface area contributed by atoms with Gasteiger partial charge in [-0.2, -0.15) is 0 Å². The van der Waals surface area contributed by atoms with Crippen molar-refractivity contribution in [1.82, 2.24) is 0 Å². The standard InChI is InChI=1S/C12H17FN2O3/c1-4-18-12(16)8(2)14-10-6-5-9(13)7-11(10)15-17-3/h5-8,14-15H,4H2,1-3H3. The van der Waals surface area contributed by atoms with E-state index in [0.29, 0.717) is 18.0 Å². The zero-order chi connectivity index (χ0) is 13.5. The Morgan fingerprint density at radius 1 is 1.44 bits per heavy atom. The van der Waals surface area contributed by atoms with Gasteiger partial charge in [0.15, 0.2) is 0 Å². The quantitative estimate of drug-likeness (QED) is 0.603. The third-order valence-corrected chi connectivity index (χ3v) is 2.21. The second-order valence-corrected chi connectivity index (χ2v) is 3.61. The lowest BCUT2D eigenvalue weighted by molar-refractivity contribution is -0.143. The van der Waals surface area contributed by atoms with E-state index in [2.05, 4.69) is 10.8 Å². The minimum Gasteiger partial charge on any atom is -0.464 e. The Morgan fingerprint density at radius 2 is 2.17 bits per heavy atom. The number of nitrogens with one attached hydrogen (secondary N) is 2. The van der Waals surface area contributed by atoms with Crippen molar-refractivity contribution in [2.75, 3.05) is 24.5 Å². The molecule has 0 radical (unpaired) electrons. The Bertz CT molecular complexity index is 412. The van der Waals surface area contributed by atoms with Crippen LogP contribution in [-0.2, 0) is 14.4 Å². The highest BCUT2D eigenvalue weighted by atomic mass is 19.1. The van der Waals surface area contributed by atoms with Gasteiger partial charge in [-0.05, 0) is 26.0 Å². The summed E-state index contributed by atoms with van der Waals surface area (Å²) in [6, 6.07) is 3.55. The lowest BCUT2D eigenvalue weighted by Gasteiger charge is -2.17. The fourth-order valence-corrected chi connectivity index (χ4v) is 1.40. The summed E-state index contributed by atoms with van der Waals surface area (Å²) < 4.78 is 17.9. The minimum absolute atomic E-state index is 0.317. The van der Waals surface area contributed by atoms with Gasteiger partial charge in [0.1, 0.15) is 11.9 Å². The predicted octanol–water partition coefficient (Wildman–Crippen LogP) is 2.16. The van der Waals surface area contributed by atoms with E-state index in [0.717, 1.165) is 0 Å². The molecule has 2 N–H and O–H groups in total. The zero-order valence-electron chi connectivity index (χ0n) is 10.6. The van der Waals surface area contributed by atoms with E-state index >= 15 is 0 Å². The zero-order valence-corrected chi connectivity index (χ0v) is 10.6. The number of esters is 1. The lowest BCUT2D eigenvalue weighted by atomic mass is 10.2. The molecular formula is C12H17FN2O3. The monoisotopic (exact) mass is 256 g/mol. The molecule has 0 fully saturated rings. The van der Waals surface area contributed by atoms with Crippen molar-refractivity contribution in [1.29, 1.82) is 0 Å². The van der Waals surface area contributed by atoms with Crippen LogP contribution in [0.25, 0.3) is 0 Å². The third kappa shape index (κ3) is 3.89. The molecule has 1 rings (SSSR count). The van der Waals surface area contributed by atoms with Crippen LogP contribution in [0.5, 0.6) is 0 Å². The van der Waals surface area contributed by atoms with E-state index in [9.17, 15) is 9.18 Å². The average molecular weight is 256 g/mol. The Kier molecular flexibility index (Phi) is 5.38. The molecule has 0 bridgehead atoms. The molecule has 0 heterocycles. The topological polar surface area (TPSA) is 59.6 Å². The third-order valence-electron chi connectivity index (χ3n) is 2.21. The average Bonchev–Trinajstić information content (AvgIpc) is 2.33. The van der Waals surface area contributed by atoms with Crippen LogP contribution in [0.4, 0.5) is 15.8 Å². The van der Waals surface area contributed by atoms with Crippen LogP contribution in [0.1, 0.15) is 13.8 Å². The normalized spacial score (nSPS) is 11.8. The minimum atomic E-state index is -0.534. The molecule has 0 saturated heterocycles. The number of anilines is 2. The number of carbonyl (C=O) groups is 1. The van der Waals surface area contributed by atoms with Crippen LogP contribution in [0.2, 0.25) is 0 Å². The second-order valence-electron chi connectivity index (χ2n) is 3.61. The van der Waals surface area contributed by atoms with Crippen LogP contribution in [-0.4, -0.2) is 25.7 Å². The Hall–Kier alpha value is -1.82. The highest BCUT2D eigenvalue weighted by molar-refractivity contribution is 5.81. The fraction of sp³-hybridized carbons (Fsp3) is 0.417. The number of rotatable bonds is 6. The molecule has 5 nitrogen and oxygen atoms in total. The summed E-state index contributed by atoms with van der Waals surface area (Å²) in [6.45, 7) is 3.72. The highest BCUT2D eigenvalue weighted by Gasteiger charge is 2.15. The summed E-state index contributed by atoms with van der Waals surface area (Å²) in [5.74, 6) is -0.769. The molecule has 1 aromatic carbocycles. The second kappa shape index (κ2) is 6.80. The van der Waals surface area contributed by atoms with Crippen molar-refractivity contribution in [2.24, 2.45) is 0 Å². The summed E-state index contributed by atoms with van der Waals surface area (Å²) in [4.78, 5) is 16.2. The maximum absolute atomic E-state index is 13.1. The van der Waals surface area contributed by atoms with Gasteiger partial charge in [0.2, 0.25) is 0 Å². The van der Waals surface area contributed by atoms with Crippen molar-refractivity contribution in [3.05, 3.63) is 24.0 Å². The number of hydrogen-bond acceptors (Lipinski definition) is 5. The number of hydrogen-bond donors (Lipinski definition) is 2. The first-order chi connectivity index (χ1) is 8.58. The highest BCUT2D eigenvalue weighted by Crippen LogP contribution is 2.23. The molecule has 100 valence electrons. The largest absolute Gasteiger partial charge is 0.464 e. The van der Waals surface area contributed by atoms with E-state index in [4.69, 9.17) is 9.57 Å². The molecule has 0 aliphatic rings. The van der Waals surface area contributed by atoms with Gasteiger partial charge in [0.05, 0.1) is 25.1 Å². The molecule has 0 aromatic heterocycles. The molecule has 0 aliphatic heterocycles. The Morgan fingerprint density at radius 3 is 2.78 bits per heavy atom. The summed E-state index contributed by atoms with van der Waals surface area (Å²) in [5.41, 5.74) is 3.50. The SMILES string of the molecule is CCOC(=O)C(C)Nc1ccc(F)cc1NOC. The van der Waals surface area contributed by atoms with E-state index < -0.39 is 11.9 Å². The van der Waals surface area contributed by atoms with Crippen molar-refractivity contribution >= 4 is 17.3 Å². The molecule has 1 aromatic rings. The molecule has 0 amide bonds. The maximum atomic E-state index is 13.1.